The predicted molar refractivity (Wildman–Crippen MR) is 142 cm³/mol. The number of hydrogen-bond acceptors (Lipinski definition) is 4. The van der Waals surface area contributed by atoms with Gasteiger partial charge in [0.25, 0.3) is 5.91 Å². The van der Waals surface area contributed by atoms with E-state index in [1.54, 1.807) is 4.90 Å². The van der Waals surface area contributed by atoms with Crippen molar-refractivity contribution in [3.8, 4) is 0 Å². The van der Waals surface area contributed by atoms with Gasteiger partial charge >= 0.3 is 0 Å². The third kappa shape index (κ3) is 5.26. The van der Waals surface area contributed by atoms with Gasteiger partial charge < -0.3 is 15.5 Å². The predicted octanol–water partition coefficient (Wildman–Crippen LogP) is 4.05. The van der Waals surface area contributed by atoms with Crippen LogP contribution in [0.15, 0.2) is 66.7 Å². The van der Waals surface area contributed by atoms with Crippen LogP contribution >= 0.6 is 0 Å². The van der Waals surface area contributed by atoms with E-state index in [1.807, 2.05) is 73.7 Å². The molecule has 0 aliphatic carbocycles. The minimum absolute atomic E-state index is 0.0101. The summed E-state index contributed by atoms with van der Waals surface area (Å²) in [6.07, 6.45) is 2.68. The summed E-state index contributed by atoms with van der Waals surface area (Å²) in [6, 6.07) is 20.9. The molecular weight excluding hydrogens is 452 g/mol. The molecule has 36 heavy (non-hydrogen) atoms. The summed E-state index contributed by atoms with van der Waals surface area (Å²) in [5.41, 5.74) is 2.14. The molecule has 0 saturated carbocycles. The Balaban J connectivity index is 1.14. The first-order chi connectivity index (χ1) is 17.5. The van der Waals surface area contributed by atoms with Gasteiger partial charge in [-0.05, 0) is 80.0 Å². The molecule has 0 radical (unpaired) electrons. The number of rotatable bonds is 7. The lowest BCUT2D eigenvalue weighted by molar-refractivity contribution is -0.120. The number of carbonyl (C=O) groups is 3. The maximum atomic E-state index is 12.7. The summed E-state index contributed by atoms with van der Waals surface area (Å²) in [5, 5.41) is 8.10. The summed E-state index contributed by atoms with van der Waals surface area (Å²) in [6.45, 7) is 4.87. The highest BCUT2D eigenvalue weighted by Crippen LogP contribution is 2.26. The Morgan fingerprint density at radius 1 is 0.972 bits per heavy atom. The number of nitrogens with one attached hydrogen (secondary N) is 2. The molecule has 0 bridgehead atoms. The average Bonchev–Trinajstić information content (AvgIpc) is 3.57. The van der Waals surface area contributed by atoms with Crippen LogP contribution < -0.4 is 15.5 Å². The van der Waals surface area contributed by atoms with Crippen LogP contribution in [0.3, 0.4) is 0 Å². The van der Waals surface area contributed by atoms with Gasteiger partial charge in [0.2, 0.25) is 11.8 Å². The number of nitrogens with zero attached hydrogens (tertiary/aromatic N) is 2. The minimum atomic E-state index is -0.155. The summed E-state index contributed by atoms with van der Waals surface area (Å²) in [4.78, 5) is 41.9. The van der Waals surface area contributed by atoms with E-state index in [0.29, 0.717) is 25.1 Å². The van der Waals surface area contributed by atoms with E-state index in [2.05, 4.69) is 15.5 Å². The Morgan fingerprint density at radius 3 is 2.44 bits per heavy atom. The Labute approximate surface area is 211 Å². The van der Waals surface area contributed by atoms with Gasteiger partial charge in [0.15, 0.2) is 0 Å². The maximum Gasteiger partial charge on any atom is 0.251 e. The van der Waals surface area contributed by atoms with Gasteiger partial charge in [-0.2, -0.15) is 0 Å². The zero-order valence-electron chi connectivity index (χ0n) is 20.6. The van der Waals surface area contributed by atoms with Gasteiger partial charge in [-0.15, -0.1) is 0 Å². The Morgan fingerprint density at radius 2 is 1.69 bits per heavy atom. The highest BCUT2D eigenvalue weighted by Gasteiger charge is 2.31. The van der Waals surface area contributed by atoms with Crippen LogP contribution in [-0.2, 0) is 9.59 Å². The topological polar surface area (TPSA) is 81.8 Å². The van der Waals surface area contributed by atoms with Gasteiger partial charge in [-0.3, -0.25) is 19.3 Å². The number of fused-ring (bicyclic) bond motifs is 1. The molecule has 2 aliphatic rings. The SMILES string of the molecule is CC(C(=O)Nc1ccc(N2CC(CNC(=O)c3ccc4ccccc4c3)CC2=O)cc1)N1CCCC1. The number of carbonyl (C=O) groups excluding carboxylic acids is 3. The zero-order chi connectivity index (χ0) is 25.1. The first-order valence-electron chi connectivity index (χ1n) is 12.7. The van der Waals surface area contributed by atoms with Crippen LogP contribution in [0.1, 0.15) is 36.5 Å². The van der Waals surface area contributed by atoms with Crippen LogP contribution in [0, 0.1) is 5.92 Å². The largest absolute Gasteiger partial charge is 0.352 e. The second kappa shape index (κ2) is 10.5. The van der Waals surface area contributed by atoms with Gasteiger partial charge in [-0.1, -0.05) is 30.3 Å². The first-order valence-corrected chi connectivity index (χ1v) is 12.7. The van der Waals surface area contributed by atoms with Crippen molar-refractivity contribution >= 4 is 39.9 Å². The molecule has 2 fully saturated rings. The van der Waals surface area contributed by atoms with E-state index in [9.17, 15) is 14.4 Å². The van der Waals surface area contributed by atoms with Crippen LogP contribution in [0.25, 0.3) is 10.8 Å². The molecule has 2 unspecified atom stereocenters. The van der Waals surface area contributed by atoms with E-state index in [0.717, 1.165) is 48.1 Å². The molecule has 2 N–H and O–H groups in total. The monoisotopic (exact) mass is 484 g/mol. The first kappa shape index (κ1) is 24.0. The number of hydrogen-bond donors (Lipinski definition) is 2. The van der Waals surface area contributed by atoms with Crippen LogP contribution in [-0.4, -0.2) is 54.8 Å². The number of amides is 3. The molecule has 7 heteroatoms. The highest BCUT2D eigenvalue weighted by atomic mass is 16.2. The van der Waals surface area contributed by atoms with E-state index < -0.39 is 0 Å². The summed E-state index contributed by atoms with van der Waals surface area (Å²) in [7, 11) is 0. The molecule has 7 nitrogen and oxygen atoms in total. The molecule has 3 aromatic rings. The fourth-order valence-corrected chi connectivity index (χ4v) is 5.10. The normalized spacial score (nSPS) is 19.0. The highest BCUT2D eigenvalue weighted by molar-refractivity contribution is 5.99. The van der Waals surface area contributed by atoms with E-state index in [-0.39, 0.29) is 29.7 Å². The molecule has 2 atom stereocenters. The molecule has 186 valence electrons. The molecule has 0 spiro atoms. The molecule has 0 aromatic heterocycles. The smallest absolute Gasteiger partial charge is 0.251 e. The van der Waals surface area contributed by atoms with Crippen molar-refractivity contribution in [3.05, 3.63) is 72.3 Å². The molecule has 2 aliphatic heterocycles. The van der Waals surface area contributed by atoms with Crippen LogP contribution in [0.2, 0.25) is 0 Å². The molecule has 3 aromatic carbocycles. The third-order valence-corrected chi connectivity index (χ3v) is 7.28. The summed E-state index contributed by atoms with van der Waals surface area (Å²) >= 11 is 0. The van der Waals surface area contributed by atoms with Crippen molar-refractivity contribution in [1.82, 2.24) is 10.2 Å². The van der Waals surface area contributed by atoms with Crippen molar-refractivity contribution in [1.29, 1.82) is 0 Å². The quantitative estimate of drug-likeness (QED) is 0.530. The van der Waals surface area contributed by atoms with Gasteiger partial charge in [-0.25, -0.2) is 0 Å². The Hall–Kier alpha value is -3.71. The summed E-state index contributed by atoms with van der Waals surface area (Å²) < 4.78 is 0. The lowest BCUT2D eigenvalue weighted by Gasteiger charge is -2.23. The summed E-state index contributed by atoms with van der Waals surface area (Å²) in [5.74, 6) is -0.0546. The Kier molecular flexibility index (Phi) is 7.00. The third-order valence-electron chi connectivity index (χ3n) is 7.28. The van der Waals surface area contributed by atoms with Crippen LogP contribution in [0.5, 0.6) is 0 Å². The minimum Gasteiger partial charge on any atom is -0.352 e. The zero-order valence-corrected chi connectivity index (χ0v) is 20.6. The van der Waals surface area contributed by atoms with Crippen molar-refractivity contribution in [3.63, 3.8) is 0 Å². The fraction of sp³-hybridized carbons (Fsp3) is 0.345. The lowest BCUT2D eigenvalue weighted by Crippen LogP contribution is -2.40. The number of likely N-dealkylation sites (tertiary alicyclic amines) is 1. The molecule has 3 amide bonds. The van der Waals surface area contributed by atoms with Gasteiger partial charge in [0.05, 0.1) is 6.04 Å². The average molecular weight is 485 g/mol. The van der Waals surface area contributed by atoms with Crippen molar-refractivity contribution in [2.45, 2.75) is 32.2 Å². The molecule has 2 heterocycles. The fourth-order valence-electron chi connectivity index (χ4n) is 5.10. The van der Waals surface area contributed by atoms with Crippen LogP contribution in [0.4, 0.5) is 11.4 Å². The van der Waals surface area contributed by atoms with E-state index >= 15 is 0 Å². The molecule has 5 rings (SSSR count). The second-order valence-electron chi connectivity index (χ2n) is 9.80. The lowest BCUT2D eigenvalue weighted by atomic mass is 10.1. The van der Waals surface area contributed by atoms with Crippen molar-refractivity contribution in [2.24, 2.45) is 5.92 Å². The molecular formula is C29H32N4O3. The van der Waals surface area contributed by atoms with E-state index in [4.69, 9.17) is 0 Å². The van der Waals surface area contributed by atoms with Crippen molar-refractivity contribution in [2.75, 3.05) is 36.4 Å². The second-order valence-corrected chi connectivity index (χ2v) is 9.80. The standard InChI is InChI=1S/C29H32N4O3/c1-20(32-14-4-5-15-32)28(35)31-25-10-12-26(13-11-25)33-19-21(16-27(33)34)18-30-29(36)24-9-8-22-6-2-3-7-23(22)17-24/h2-3,6-13,17,20-21H,4-5,14-16,18-19H2,1H3,(H,30,36)(H,31,35). The number of benzene rings is 3. The van der Waals surface area contributed by atoms with Gasteiger partial charge in [0.1, 0.15) is 0 Å². The van der Waals surface area contributed by atoms with Gasteiger partial charge in [0, 0.05) is 42.4 Å². The maximum absolute atomic E-state index is 12.7. The number of anilines is 2. The van der Waals surface area contributed by atoms with Crippen molar-refractivity contribution < 1.29 is 14.4 Å². The van der Waals surface area contributed by atoms with E-state index in [1.165, 1.54) is 0 Å². The Bertz CT molecular complexity index is 1270. The molecule has 2 saturated heterocycles.